The summed E-state index contributed by atoms with van der Waals surface area (Å²) >= 11 is 6.02. The lowest BCUT2D eigenvalue weighted by atomic mass is 9.89. The second-order valence-electron chi connectivity index (χ2n) is 6.83. The molecule has 1 heterocycles. The average molecular weight is 403 g/mol. The quantitative estimate of drug-likeness (QED) is 0.823. The van der Waals surface area contributed by atoms with Crippen molar-refractivity contribution in [2.24, 2.45) is 0 Å². The molecule has 1 saturated heterocycles. The number of hydrogen-bond acceptors (Lipinski definition) is 4. The zero-order chi connectivity index (χ0) is 20.3. The maximum Gasteiger partial charge on any atom is 0.259 e. The van der Waals surface area contributed by atoms with E-state index in [0.29, 0.717) is 36.8 Å². The molecule has 0 saturated carbocycles. The van der Waals surface area contributed by atoms with Crippen LogP contribution in [-0.4, -0.2) is 58.0 Å². The molecule has 2 N–H and O–H groups in total. The van der Waals surface area contributed by atoms with Crippen molar-refractivity contribution in [1.82, 2.24) is 9.80 Å². The summed E-state index contributed by atoms with van der Waals surface area (Å²) in [6.45, 7) is 3.02. The molecule has 7 heteroatoms. The number of benzene rings is 2. The number of carbonyl (C=O) groups excluding carboxylic acids is 2. The van der Waals surface area contributed by atoms with Crippen molar-refractivity contribution in [3.05, 3.63) is 64.7 Å². The van der Waals surface area contributed by atoms with Crippen LogP contribution in [0.2, 0.25) is 5.02 Å². The second-order valence-corrected chi connectivity index (χ2v) is 7.26. The third-order valence-electron chi connectivity index (χ3n) is 5.16. The molecule has 6 nitrogen and oxygen atoms in total. The van der Waals surface area contributed by atoms with Gasteiger partial charge in [-0.2, -0.15) is 0 Å². The van der Waals surface area contributed by atoms with E-state index >= 15 is 0 Å². The number of phenols is 1. The number of amides is 2. The predicted octanol–water partition coefficient (Wildman–Crippen LogP) is 2.63. The molecule has 0 aliphatic carbocycles. The molecule has 1 unspecified atom stereocenters. The van der Waals surface area contributed by atoms with Gasteiger partial charge in [0.05, 0.1) is 5.56 Å². The molecule has 1 fully saturated rings. The summed E-state index contributed by atoms with van der Waals surface area (Å²) in [7, 11) is 0. The Kier molecular flexibility index (Phi) is 5.91. The Bertz CT molecular complexity index is 880. The molecule has 2 aromatic carbocycles. The fraction of sp³-hybridized carbons (Fsp3) is 0.333. The minimum absolute atomic E-state index is 0.0627. The lowest BCUT2D eigenvalue weighted by molar-refractivity contribution is -0.154. The second kappa shape index (κ2) is 8.20. The Morgan fingerprint density at radius 1 is 1.04 bits per heavy atom. The molecule has 3 rings (SSSR count). The van der Waals surface area contributed by atoms with Gasteiger partial charge in [0, 0.05) is 31.2 Å². The van der Waals surface area contributed by atoms with Crippen molar-refractivity contribution in [3.63, 3.8) is 0 Å². The monoisotopic (exact) mass is 402 g/mol. The first-order chi connectivity index (χ1) is 13.4. The highest BCUT2D eigenvalue weighted by Crippen LogP contribution is 2.30. The number of aromatic hydroxyl groups is 1. The fourth-order valence-electron chi connectivity index (χ4n) is 3.42. The van der Waals surface area contributed by atoms with Crippen LogP contribution in [0.4, 0.5) is 0 Å². The molecule has 148 valence electrons. The van der Waals surface area contributed by atoms with Crippen LogP contribution < -0.4 is 0 Å². The summed E-state index contributed by atoms with van der Waals surface area (Å²) in [5.41, 5.74) is -0.958. The Balaban J connectivity index is 1.71. The van der Waals surface area contributed by atoms with E-state index in [-0.39, 0.29) is 23.6 Å². The molecule has 1 atom stereocenters. The lowest BCUT2D eigenvalue weighted by Crippen LogP contribution is -2.55. The van der Waals surface area contributed by atoms with Crippen LogP contribution in [0.15, 0.2) is 48.5 Å². The van der Waals surface area contributed by atoms with Crippen LogP contribution in [0, 0.1) is 0 Å². The molecule has 0 radical (unpaired) electrons. The van der Waals surface area contributed by atoms with Crippen LogP contribution in [0.3, 0.4) is 0 Å². The Morgan fingerprint density at radius 3 is 2.29 bits per heavy atom. The summed E-state index contributed by atoms with van der Waals surface area (Å²) in [4.78, 5) is 28.8. The Morgan fingerprint density at radius 2 is 1.68 bits per heavy atom. The first kappa shape index (κ1) is 20.2. The molecule has 2 aromatic rings. The van der Waals surface area contributed by atoms with Crippen LogP contribution >= 0.6 is 11.6 Å². The van der Waals surface area contributed by atoms with Crippen molar-refractivity contribution in [1.29, 1.82) is 0 Å². The summed E-state index contributed by atoms with van der Waals surface area (Å²) in [6, 6.07) is 13.1. The van der Waals surface area contributed by atoms with Crippen LogP contribution in [0.25, 0.3) is 0 Å². The lowest BCUT2D eigenvalue weighted by Gasteiger charge is -2.39. The van der Waals surface area contributed by atoms with E-state index in [4.69, 9.17) is 11.6 Å². The van der Waals surface area contributed by atoms with Gasteiger partial charge in [-0.05, 0) is 36.2 Å². The number of nitrogens with zero attached hydrogens (tertiary/aromatic N) is 2. The van der Waals surface area contributed by atoms with Crippen LogP contribution in [0.1, 0.15) is 29.3 Å². The van der Waals surface area contributed by atoms with Crippen LogP contribution in [0.5, 0.6) is 5.75 Å². The molecular formula is C21H23ClN2O4. The maximum atomic E-state index is 13.1. The van der Waals surface area contributed by atoms with Crippen molar-refractivity contribution in [3.8, 4) is 5.75 Å². The summed E-state index contributed by atoms with van der Waals surface area (Å²) in [5, 5.41) is 21.4. The number of aliphatic hydroxyl groups is 1. The number of phenolic OH excluding ortho intramolecular Hbond substituents is 1. The van der Waals surface area contributed by atoms with Gasteiger partial charge < -0.3 is 20.0 Å². The highest BCUT2D eigenvalue weighted by molar-refractivity contribution is 6.30. The van der Waals surface area contributed by atoms with Gasteiger partial charge in [-0.15, -0.1) is 0 Å². The van der Waals surface area contributed by atoms with Gasteiger partial charge in [-0.3, -0.25) is 9.59 Å². The largest absolute Gasteiger partial charge is 0.507 e. The van der Waals surface area contributed by atoms with E-state index in [1.54, 1.807) is 59.2 Å². The first-order valence-electron chi connectivity index (χ1n) is 9.22. The number of piperazine rings is 1. The van der Waals surface area contributed by atoms with Gasteiger partial charge >= 0.3 is 0 Å². The standard InChI is InChI=1S/C21H23ClN2O4/c1-2-21(28,15-6-5-7-16(22)14-15)20(27)24-12-10-23(11-13-24)19(26)17-8-3-4-9-18(17)25/h3-9,14,25,28H,2,10-13H2,1H3. The molecule has 0 spiro atoms. The summed E-state index contributed by atoms with van der Waals surface area (Å²) < 4.78 is 0. The third-order valence-corrected chi connectivity index (χ3v) is 5.39. The third kappa shape index (κ3) is 3.84. The van der Waals surface area contributed by atoms with Gasteiger partial charge in [-0.25, -0.2) is 0 Å². The van der Waals surface area contributed by atoms with Crippen molar-refractivity contribution in [2.45, 2.75) is 18.9 Å². The van der Waals surface area contributed by atoms with E-state index < -0.39 is 11.5 Å². The van der Waals surface area contributed by atoms with Gasteiger partial charge in [0.1, 0.15) is 5.75 Å². The van der Waals surface area contributed by atoms with Gasteiger partial charge in [0.15, 0.2) is 5.60 Å². The van der Waals surface area contributed by atoms with E-state index in [0.717, 1.165) is 0 Å². The van der Waals surface area contributed by atoms with Gasteiger partial charge in [0.2, 0.25) is 0 Å². The number of hydrogen-bond donors (Lipinski definition) is 2. The molecule has 1 aliphatic heterocycles. The normalized spacial score (nSPS) is 16.5. The van der Waals surface area contributed by atoms with Gasteiger partial charge in [0.25, 0.3) is 11.8 Å². The Hall–Kier alpha value is -2.57. The number of halogens is 1. The first-order valence-corrected chi connectivity index (χ1v) is 9.59. The van der Waals surface area contributed by atoms with Gasteiger partial charge in [-0.1, -0.05) is 42.8 Å². The minimum Gasteiger partial charge on any atom is -0.507 e. The highest BCUT2D eigenvalue weighted by Gasteiger charge is 2.40. The van der Waals surface area contributed by atoms with Crippen molar-refractivity contribution < 1.29 is 19.8 Å². The number of rotatable bonds is 4. The maximum absolute atomic E-state index is 13.1. The minimum atomic E-state index is -1.66. The number of carbonyl (C=O) groups is 2. The van der Waals surface area contributed by atoms with Crippen LogP contribution in [-0.2, 0) is 10.4 Å². The Labute approximate surface area is 169 Å². The van der Waals surface area contributed by atoms with E-state index in [2.05, 4.69) is 0 Å². The molecule has 2 amide bonds. The summed E-state index contributed by atoms with van der Waals surface area (Å²) in [6.07, 6.45) is 0.212. The molecule has 28 heavy (non-hydrogen) atoms. The molecular weight excluding hydrogens is 380 g/mol. The van der Waals surface area contributed by atoms with E-state index in [9.17, 15) is 19.8 Å². The topological polar surface area (TPSA) is 81.1 Å². The highest BCUT2D eigenvalue weighted by atomic mass is 35.5. The fourth-order valence-corrected chi connectivity index (χ4v) is 3.61. The zero-order valence-electron chi connectivity index (χ0n) is 15.6. The predicted molar refractivity (Wildman–Crippen MR) is 106 cm³/mol. The molecule has 0 bridgehead atoms. The molecule has 1 aliphatic rings. The smallest absolute Gasteiger partial charge is 0.259 e. The van der Waals surface area contributed by atoms with Crippen molar-refractivity contribution >= 4 is 23.4 Å². The SMILES string of the molecule is CCC(O)(C(=O)N1CCN(C(=O)c2ccccc2O)CC1)c1cccc(Cl)c1. The molecule has 0 aromatic heterocycles. The van der Waals surface area contributed by atoms with Crippen molar-refractivity contribution in [2.75, 3.05) is 26.2 Å². The number of para-hydroxylation sites is 1. The summed E-state index contributed by atoms with van der Waals surface area (Å²) in [5.74, 6) is -0.731. The van der Waals surface area contributed by atoms with E-state index in [1.807, 2.05) is 0 Å². The zero-order valence-corrected chi connectivity index (χ0v) is 16.4. The van der Waals surface area contributed by atoms with E-state index in [1.165, 1.54) is 6.07 Å². The average Bonchev–Trinajstić information content (AvgIpc) is 2.72.